The maximum atomic E-state index is 3.28. The molecule has 0 saturated heterocycles. The number of unbranched alkanes of at least 4 members (excludes halogenated alkanes) is 6. The summed E-state index contributed by atoms with van der Waals surface area (Å²) in [4.78, 5) is 3.28. The van der Waals surface area contributed by atoms with Gasteiger partial charge in [0.05, 0.1) is 0 Å². The predicted molar refractivity (Wildman–Crippen MR) is 76.5 cm³/mol. The van der Waals surface area contributed by atoms with Crippen LogP contribution in [0.5, 0.6) is 0 Å². The summed E-state index contributed by atoms with van der Waals surface area (Å²) in [5, 5.41) is 0. The second-order valence-corrected chi connectivity index (χ2v) is 5.13. The monoisotopic (exact) mass is 235 g/mol. The van der Waals surface area contributed by atoms with Crippen LogP contribution in [0.15, 0.2) is 12.4 Å². The van der Waals surface area contributed by atoms with Crippen LogP contribution in [0.4, 0.5) is 0 Å². The fourth-order valence-corrected chi connectivity index (χ4v) is 2.38. The number of aromatic nitrogens is 1. The van der Waals surface area contributed by atoms with Gasteiger partial charge in [0.1, 0.15) is 0 Å². The van der Waals surface area contributed by atoms with Crippen molar-refractivity contribution in [3.63, 3.8) is 0 Å². The smallest absolute Gasteiger partial charge is 0.00401 e. The van der Waals surface area contributed by atoms with E-state index >= 15 is 0 Å². The summed E-state index contributed by atoms with van der Waals surface area (Å²) in [6.07, 6.45) is 17.9. The zero-order chi connectivity index (χ0) is 12.3. The molecule has 0 atom stereocenters. The van der Waals surface area contributed by atoms with Crippen LogP contribution in [-0.2, 0) is 12.8 Å². The van der Waals surface area contributed by atoms with Gasteiger partial charge < -0.3 is 4.98 Å². The van der Waals surface area contributed by atoms with E-state index in [9.17, 15) is 0 Å². The molecule has 0 unspecified atom stereocenters. The van der Waals surface area contributed by atoms with Gasteiger partial charge in [0.2, 0.25) is 0 Å². The van der Waals surface area contributed by atoms with Gasteiger partial charge in [0.15, 0.2) is 0 Å². The molecule has 0 fully saturated rings. The molecular weight excluding hydrogens is 206 g/mol. The van der Waals surface area contributed by atoms with Gasteiger partial charge in [-0.1, -0.05) is 52.4 Å². The van der Waals surface area contributed by atoms with E-state index in [1.165, 1.54) is 64.2 Å². The Bertz CT molecular complexity index is 275. The Morgan fingerprint density at radius 2 is 1.18 bits per heavy atom. The van der Waals surface area contributed by atoms with E-state index in [0.29, 0.717) is 0 Å². The summed E-state index contributed by atoms with van der Waals surface area (Å²) in [6, 6.07) is 0. The minimum atomic E-state index is 1.27. The highest BCUT2D eigenvalue weighted by Gasteiger charge is 2.03. The zero-order valence-electron chi connectivity index (χ0n) is 11.7. The van der Waals surface area contributed by atoms with Gasteiger partial charge in [0.25, 0.3) is 0 Å². The lowest BCUT2D eigenvalue weighted by atomic mass is 10.0. The standard InChI is InChI=1S/C16H29N/c1-3-5-7-8-10-12-16-14-17-13-15(16)11-9-6-4-2/h13-14,17H,3-12H2,1-2H3. The molecule has 1 heteroatoms. The summed E-state index contributed by atoms with van der Waals surface area (Å²) < 4.78 is 0. The molecule has 0 spiro atoms. The number of H-pyrrole nitrogens is 1. The second kappa shape index (κ2) is 9.32. The highest BCUT2D eigenvalue weighted by molar-refractivity contribution is 5.23. The molecule has 1 heterocycles. The van der Waals surface area contributed by atoms with Gasteiger partial charge in [-0.25, -0.2) is 0 Å². The van der Waals surface area contributed by atoms with Crippen LogP contribution >= 0.6 is 0 Å². The first-order valence-corrected chi connectivity index (χ1v) is 7.53. The highest BCUT2D eigenvalue weighted by Crippen LogP contribution is 2.16. The van der Waals surface area contributed by atoms with E-state index in [4.69, 9.17) is 0 Å². The van der Waals surface area contributed by atoms with Crippen molar-refractivity contribution in [1.29, 1.82) is 0 Å². The quantitative estimate of drug-likeness (QED) is 0.532. The van der Waals surface area contributed by atoms with Crippen LogP contribution in [0.25, 0.3) is 0 Å². The van der Waals surface area contributed by atoms with Gasteiger partial charge >= 0.3 is 0 Å². The summed E-state index contributed by atoms with van der Waals surface area (Å²) >= 11 is 0. The summed E-state index contributed by atoms with van der Waals surface area (Å²) in [7, 11) is 0. The van der Waals surface area contributed by atoms with Crippen molar-refractivity contribution >= 4 is 0 Å². The van der Waals surface area contributed by atoms with E-state index in [-0.39, 0.29) is 0 Å². The maximum Gasteiger partial charge on any atom is 0.00401 e. The molecule has 1 aromatic rings. The Morgan fingerprint density at radius 3 is 1.76 bits per heavy atom. The first-order chi connectivity index (χ1) is 8.38. The number of aromatic amines is 1. The molecule has 0 aliphatic heterocycles. The molecule has 1 nitrogen and oxygen atoms in total. The number of nitrogens with one attached hydrogen (secondary N) is 1. The van der Waals surface area contributed by atoms with Crippen LogP contribution in [0, 0.1) is 0 Å². The van der Waals surface area contributed by atoms with E-state index in [0.717, 1.165) is 0 Å². The van der Waals surface area contributed by atoms with E-state index < -0.39 is 0 Å². The first-order valence-electron chi connectivity index (χ1n) is 7.53. The minimum Gasteiger partial charge on any atom is -0.367 e. The van der Waals surface area contributed by atoms with Crippen molar-refractivity contribution in [1.82, 2.24) is 4.98 Å². The van der Waals surface area contributed by atoms with Crippen molar-refractivity contribution in [2.45, 2.75) is 78.1 Å². The van der Waals surface area contributed by atoms with Gasteiger partial charge in [-0.15, -0.1) is 0 Å². The molecule has 1 rings (SSSR count). The van der Waals surface area contributed by atoms with Crippen LogP contribution in [0.2, 0.25) is 0 Å². The Hall–Kier alpha value is -0.720. The minimum absolute atomic E-state index is 1.27. The molecule has 0 aromatic carbocycles. The third kappa shape index (κ3) is 5.95. The van der Waals surface area contributed by atoms with Gasteiger partial charge in [-0.3, -0.25) is 0 Å². The zero-order valence-corrected chi connectivity index (χ0v) is 11.7. The molecule has 1 aromatic heterocycles. The van der Waals surface area contributed by atoms with Crippen LogP contribution in [0.3, 0.4) is 0 Å². The summed E-state index contributed by atoms with van der Waals surface area (Å²) in [5.41, 5.74) is 3.13. The SMILES string of the molecule is CCCCCCCc1c[nH]cc1CCCCC. The summed E-state index contributed by atoms with van der Waals surface area (Å²) in [6.45, 7) is 4.55. The third-order valence-corrected chi connectivity index (χ3v) is 3.53. The van der Waals surface area contributed by atoms with Crippen molar-refractivity contribution < 1.29 is 0 Å². The predicted octanol–water partition coefficient (Wildman–Crippen LogP) is 5.26. The second-order valence-electron chi connectivity index (χ2n) is 5.13. The molecule has 17 heavy (non-hydrogen) atoms. The fourth-order valence-electron chi connectivity index (χ4n) is 2.38. The topological polar surface area (TPSA) is 15.8 Å². The van der Waals surface area contributed by atoms with E-state index in [1.807, 2.05) is 0 Å². The lowest BCUT2D eigenvalue weighted by molar-refractivity contribution is 0.629. The number of rotatable bonds is 10. The largest absolute Gasteiger partial charge is 0.367 e. The van der Waals surface area contributed by atoms with Crippen molar-refractivity contribution in [3.05, 3.63) is 23.5 Å². The first kappa shape index (κ1) is 14.3. The number of aryl methyl sites for hydroxylation is 2. The molecule has 0 aliphatic rings. The van der Waals surface area contributed by atoms with Crippen LogP contribution < -0.4 is 0 Å². The molecule has 0 amide bonds. The molecule has 0 radical (unpaired) electrons. The number of hydrogen-bond acceptors (Lipinski definition) is 0. The molecule has 98 valence electrons. The van der Waals surface area contributed by atoms with E-state index in [1.54, 1.807) is 11.1 Å². The van der Waals surface area contributed by atoms with Crippen molar-refractivity contribution in [3.8, 4) is 0 Å². The Morgan fingerprint density at radius 1 is 0.706 bits per heavy atom. The van der Waals surface area contributed by atoms with E-state index in [2.05, 4.69) is 31.2 Å². The van der Waals surface area contributed by atoms with Crippen LogP contribution in [0.1, 0.15) is 76.3 Å². The summed E-state index contributed by atoms with van der Waals surface area (Å²) in [5.74, 6) is 0. The molecule has 0 aliphatic carbocycles. The fraction of sp³-hybridized carbons (Fsp3) is 0.750. The average Bonchev–Trinajstić information content (AvgIpc) is 2.77. The molecule has 0 bridgehead atoms. The normalized spacial score (nSPS) is 10.9. The van der Waals surface area contributed by atoms with Gasteiger partial charge in [-0.2, -0.15) is 0 Å². The van der Waals surface area contributed by atoms with Crippen molar-refractivity contribution in [2.75, 3.05) is 0 Å². The molecule has 0 saturated carbocycles. The third-order valence-electron chi connectivity index (χ3n) is 3.53. The van der Waals surface area contributed by atoms with Crippen molar-refractivity contribution in [2.24, 2.45) is 0 Å². The Labute approximate surface area is 107 Å². The van der Waals surface area contributed by atoms with Crippen LogP contribution in [-0.4, -0.2) is 4.98 Å². The van der Waals surface area contributed by atoms with Gasteiger partial charge in [0, 0.05) is 12.4 Å². The lowest BCUT2D eigenvalue weighted by Crippen LogP contribution is -1.91. The molecule has 1 N–H and O–H groups in total. The lowest BCUT2D eigenvalue weighted by Gasteiger charge is -2.04. The average molecular weight is 235 g/mol. The number of hydrogen-bond donors (Lipinski definition) is 1. The Kier molecular flexibility index (Phi) is 7.87. The highest BCUT2D eigenvalue weighted by atomic mass is 14.6. The van der Waals surface area contributed by atoms with Gasteiger partial charge in [-0.05, 0) is 36.8 Å². The molecular formula is C16H29N. The maximum absolute atomic E-state index is 3.28. The Balaban J connectivity index is 2.20.